The standard InChI is InChI=1S/C7H5NO3S.C6H8O7.Na/c9-7-5-3-1-2-4-6(5)12(10,11)8-7;7-3(8)1-6(13,5(11)12)2-4(9)10;/h1-4H,(H,8,9);13H,1-2H2,(H,7,8)(H,9,10)(H,11,12);/q;;+1/p-1. The SMILES string of the molecule is O=C(O)CC(O)(CC(=O)O)C(=O)O.O=C1[N-]S(=O)(=O)c2ccccc21.[Na+]. The van der Waals surface area contributed by atoms with Gasteiger partial charge in [-0.25, -0.2) is 13.2 Å². The van der Waals surface area contributed by atoms with Gasteiger partial charge in [0.2, 0.25) is 0 Å². The molecule has 0 atom stereocenters. The van der Waals surface area contributed by atoms with Gasteiger partial charge in [-0.2, -0.15) is 0 Å². The van der Waals surface area contributed by atoms with Gasteiger partial charge in [-0.05, 0) is 6.07 Å². The van der Waals surface area contributed by atoms with Crippen molar-refractivity contribution in [2.45, 2.75) is 23.3 Å². The van der Waals surface area contributed by atoms with E-state index in [0.29, 0.717) is 0 Å². The van der Waals surface area contributed by atoms with E-state index in [-0.39, 0.29) is 40.0 Å². The van der Waals surface area contributed by atoms with Crippen LogP contribution in [0.1, 0.15) is 23.2 Å². The molecule has 1 heterocycles. The first-order valence-electron chi connectivity index (χ1n) is 6.40. The van der Waals surface area contributed by atoms with Crippen LogP contribution in [-0.4, -0.2) is 58.3 Å². The van der Waals surface area contributed by atoms with Gasteiger partial charge in [-0.1, -0.05) is 18.2 Å². The number of carbonyl (C=O) groups is 4. The molecule has 0 aliphatic carbocycles. The summed E-state index contributed by atoms with van der Waals surface area (Å²) in [6.45, 7) is 0. The molecule has 136 valence electrons. The molecule has 0 saturated heterocycles. The number of aliphatic carboxylic acids is 3. The Morgan fingerprint density at radius 2 is 1.46 bits per heavy atom. The Labute approximate surface area is 169 Å². The minimum absolute atomic E-state index is 0. The second-order valence-corrected chi connectivity index (χ2v) is 6.42. The van der Waals surface area contributed by atoms with Crippen LogP contribution in [0.4, 0.5) is 0 Å². The summed E-state index contributed by atoms with van der Waals surface area (Å²) in [6, 6.07) is 5.99. The fourth-order valence-electron chi connectivity index (χ4n) is 1.79. The first-order valence-corrected chi connectivity index (χ1v) is 7.84. The summed E-state index contributed by atoms with van der Waals surface area (Å²) >= 11 is 0. The van der Waals surface area contributed by atoms with Crippen LogP contribution in [0.15, 0.2) is 29.2 Å². The van der Waals surface area contributed by atoms with Crippen molar-refractivity contribution in [3.63, 3.8) is 0 Å². The quantitative estimate of drug-likeness (QED) is 0.364. The molecule has 1 aromatic carbocycles. The molecule has 0 bridgehead atoms. The molecule has 0 spiro atoms. The number of carbonyl (C=O) groups excluding carboxylic acids is 1. The van der Waals surface area contributed by atoms with Gasteiger partial charge < -0.3 is 29.9 Å². The summed E-state index contributed by atoms with van der Waals surface area (Å²) in [5, 5.41) is 33.8. The summed E-state index contributed by atoms with van der Waals surface area (Å²) in [6.07, 6.45) is -2.29. The van der Waals surface area contributed by atoms with E-state index in [1.54, 1.807) is 12.1 Å². The number of amides is 1. The van der Waals surface area contributed by atoms with Crippen molar-refractivity contribution in [2.75, 3.05) is 0 Å². The predicted molar refractivity (Wildman–Crippen MR) is 78.4 cm³/mol. The molecular formula is C13H12NNaO10S. The van der Waals surface area contributed by atoms with Crippen molar-refractivity contribution in [1.82, 2.24) is 0 Å². The Bertz CT molecular complexity index is 819. The van der Waals surface area contributed by atoms with E-state index in [0.717, 1.165) is 0 Å². The van der Waals surface area contributed by atoms with Crippen LogP contribution in [0.2, 0.25) is 0 Å². The molecule has 0 aromatic heterocycles. The number of aliphatic hydroxyl groups is 1. The van der Waals surface area contributed by atoms with Gasteiger partial charge in [0.1, 0.15) is 10.0 Å². The molecule has 0 unspecified atom stereocenters. The molecule has 4 N–H and O–H groups in total. The third-order valence-corrected chi connectivity index (χ3v) is 4.20. The van der Waals surface area contributed by atoms with E-state index in [1.165, 1.54) is 12.1 Å². The first-order chi connectivity index (χ1) is 11.4. The number of carboxylic acid groups (broad SMARTS) is 3. The van der Waals surface area contributed by atoms with Crippen LogP contribution in [0, 0.1) is 0 Å². The molecule has 13 heteroatoms. The molecule has 2 rings (SSSR count). The fraction of sp³-hybridized carbons (Fsp3) is 0.231. The number of hydrogen-bond acceptors (Lipinski definition) is 7. The number of rotatable bonds is 5. The van der Waals surface area contributed by atoms with Crippen molar-refractivity contribution in [3.05, 3.63) is 34.6 Å². The van der Waals surface area contributed by atoms with Crippen molar-refractivity contribution in [3.8, 4) is 0 Å². The van der Waals surface area contributed by atoms with E-state index in [1.807, 2.05) is 0 Å². The Hall–Kier alpha value is -1.99. The van der Waals surface area contributed by atoms with E-state index < -0.39 is 52.3 Å². The zero-order valence-electron chi connectivity index (χ0n) is 13.3. The monoisotopic (exact) mass is 397 g/mol. The van der Waals surface area contributed by atoms with Gasteiger partial charge >= 0.3 is 47.5 Å². The normalized spacial score (nSPS) is 14.0. The number of nitrogens with zero attached hydrogens (tertiary/aromatic N) is 1. The van der Waals surface area contributed by atoms with Crippen LogP contribution < -0.4 is 29.6 Å². The van der Waals surface area contributed by atoms with Crippen LogP contribution in [0.25, 0.3) is 4.72 Å². The summed E-state index contributed by atoms with van der Waals surface area (Å²) in [5.41, 5.74) is -2.57. The molecule has 26 heavy (non-hydrogen) atoms. The first kappa shape index (κ1) is 24.0. The van der Waals surface area contributed by atoms with Gasteiger partial charge in [0.25, 0.3) is 0 Å². The second-order valence-electron chi connectivity index (χ2n) is 4.85. The van der Waals surface area contributed by atoms with Gasteiger partial charge in [-0.3, -0.25) is 9.59 Å². The molecule has 11 nitrogen and oxygen atoms in total. The van der Waals surface area contributed by atoms with Crippen LogP contribution in [-0.2, 0) is 24.4 Å². The Morgan fingerprint density at radius 3 is 1.85 bits per heavy atom. The number of fused-ring (bicyclic) bond motifs is 1. The molecule has 1 aliphatic heterocycles. The largest absolute Gasteiger partial charge is 1.00 e. The molecule has 1 aliphatic rings. The van der Waals surface area contributed by atoms with Gasteiger partial charge in [0.15, 0.2) is 5.60 Å². The molecule has 1 aromatic rings. The van der Waals surface area contributed by atoms with E-state index >= 15 is 0 Å². The maximum absolute atomic E-state index is 11.1. The number of hydrogen-bond donors (Lipinski definition) is 4. The van der Waals surface area contributed by atoms with E-state index in [4.69, 9.17) is 20.4 Å². The van der Waals surface area contributed by atoms with Crippen molar-refractivity contribution in [2.24, 2.45) is 0 Å². The zero-order valence-corrected chi connectivity index (χ0v) is 16.1. The third kappa shape index (κ3) is 6.07. The van der Waals surface area contributed by atoms with Crippen molar-refractivity contribution in [1.29, 1.82) is 0 Å². The van der Waals surface area contributed by atoms with Crippen LogP contribution in [0.5, 0.6) is 0 Å². The number of sulfonamides is 1. The molecule has 0 radical (unpaired) electrons. The topological polar surface area (TPSA) is 197 Å². The minimum atomic E-state index is -3.68. The number of carboxylic acids is 3. The maximum Gasteiger partial charge on any atom is 1.00 e. The average Bonchev–Trinajstić information content (AvgIpc) is 2.68. The molecule has 0 fully saturated rings. The Kier molecular flexibility index (Phi) is 8.40. The van der Waals surface area contributed by atoms with Crippen LogP contribution >= 0.6 is 0 Å². The predicted octanol–water partition coefficient (Wildman–Crippen LogP) is -3.34. The average molecular weight is 397 g/mol. The minimum Gasteiger partial charge on any atom is -0.537 e. The van der Waals surface area contributed by atoms with Gasteiger partial charge in [-0.15, -0.1) is 0 Å². The summed E-state index contributed by atoms with van der Waals surface area (Å²) in [4.78, 5) is 41.4. The molecular weight excluding hydrogens is 385 g/mol. The summed E-state index contributed by atoms with van der Waals surface area (Å²) in [7, 11) is -3.68. The molecule has 0 saturated carbocycles. The third-order valence-electron chi connectivity index (χ3n) is 2.88. The fourth-order valence-corrected chi connectivity index (χ4v) is 2.89. The van der Waals surface area contributed by atoms with E-state index in [2.05, 4.69) is 4.72 Å². The second kappa shape index (κ2) is 9.09. The maximum atomic E-state index is 11.1. The summed E-state index contributed by atoms with van der Waals surface area (Å²) < 4.78 is 25.2. The van der Waals surface area contributed by atoms with Gasteiger partial charge in [0.05, 0.1) is 23.6 Å². The number of benzene rings is 1. The molecule has 1 amide bonds. The van der Waals surface area contributed by atoms with Gasteiger partial charge in [0, 0.05) is 5.56 Å². The van der Waals surface area contributed by atoms with Crippen LogP contribution in [0.3, 0.4) is 0 Å². The smallest absolute Gasteiger partial charge is 0.537 e. The van der Waals surface area contributed by atoms with E-state index in [9.17, 15) is 27.6 Å². The zero-order chi connectivity index (χ0) is 19.4. The Morgan fingerprint density at radius 1 is 1.00 bits per heavy atom. The summed E-state index contributed by atoms with van der Waals surface area (Å²) in [5.74, 6) is -5.69. The van der Waals surface area contributed by atoms with Crippen molar-refractivity contribution >= 4 is 33.8 Å². The Balaban J connectivity index is 0.000000463. The van der Waals surface area contributed by atoms with Crippen molar-refractivity contribution < 1.29 is 77.6 Å².